The Morgan fingerprint density at radius 2 is 2.21 bits per heavy atom. The van der Waals surface area contributed by atoms with E-state index in [1.807, 2.05) is 0 Å². The van der Waals surface area contributed by atoms with E-state index >= 15 is 0 Å². The van der Waals surface area contributed by atoms with Crippen LogP contribution in [0.2, 0.25) is 0 Å². The first kappa shape index (κ1) is 12.5. The first-order valence-corrected chi connectivity index (χ1v) is 4.27. The van der Waals surface area contributed by atoms with Gasteiger partial charge in [0.2, 0.25) is 0 Å². The number of aliphatic carboxylic acids is 1. The van der Waals surface area contributed by atoms with E-state index < -0.39 is 18.1 Å². The molecule has 1 amide bonds. The van der Waals surface area contributed by atoms with Gasteiger partial charge in [0.05, 0.1) is 0 Å². The van der Waals surface area contributed by atoms with Gasteiger partial charge < -0.3 is 9.84 Å². The summed E-state index contributed by atoms with van der Waals surface area (Å²) in [5.41, 5.74) is 0. The van der Waals surface area contributed by atoms with Crippen molar-refractivity contribution in [2.75, 3.05) is 13.7 Å². The van der Waals surface area contributed by atoms with Gasteiger partial charge in [0.15, 0.2) is 0 Å². The monoisotopic (exact) mass is 201 g/mol. The second-order valence-electron chi connectivity index (χ2n) is 2.74. The van der Waals surface area contributed by atoms with E-state index in [1.165, 1.54) is 13.1 Å². The maximum atomic E-state index is 11.2. The Balaban J connectivity index is 4.26. The van der Waals surface area contributed by atoms with E-state index in [2.05, 4.69) is 6.58 Å². The SMILES string of the molecule is C=CCOC(=O)N(C)C(CC)C(=O)O. The van der Waals surface area contributed by atoms with Crippen LogP contribution in [0.25, 0.3) is 0 Å². The van der Waals surface area contributed by atoms with Crippen LogP contribution in [-0.4, -0.2) is 41.8 Å². The van der Waals surface area contributed by atoms with Gasteiger partial charge in [-0.25, -0.2) is 9.59 Å². The number of nitrogens with zero attached hydrogens (tertiary/aromatic N) is 1. The summed E-state index contributed by atoms with van der Waals surface area (Å²) in [5.74, 6) is -1.04. The fourth-order valence-corrected chi connectivity index (χ4v) is 0.973. The minimum atomic E-state index is -1.04. The first-order valence-electron chi connectivity index (χ1n) is 4.27. The summed E-state index contributed by atoms with van der Waals surface area (Å²) in [5, 5.41) is 8.75. The molecule has 0 aromatic rings. The van der Waals surface area contributed by atoms with Gasteiger partial charge in [-0.05, 0) is 6.42 Å². The van der Waals surface area contributed by atoms with Crippen LogP contribution in [0.5, 0.6) is 0 Å². The van der Waals surface area contributed by atoms with Crippen LogP contribution in [0.4, 0.5) is 4.79 Å². The average molecular weight is 201 g/mol. The quantitative estimate of drug-likeness (QED) is 0.676. The molecule has 0 spiro atoms. The minimum Gasteiger partial charge on any atom is -0.480 e. The highest BCUT2D eigenvalue weighted by atomic mass is 16.6. The van der Waals surface area contributed by atoms with E-state index in [0.29, 0.717) is 6.42 Å². The molecule has 5 nitrogen and oxygen atoms in total. The molecule has 0 fully saturated rings. The number of ether oxygens (including phenoxy) is 1. The highest BCUT2D eigenvalue weighted by Crippen LogP contribution is 2.03. The standard InChI is InChI=1S/C9H15NO4/c1-4-6-14-9(13)10(3)7(5-2)8(11)12/h4,7H,1,5-6H2,2-3H3,(H,11,12). The Morgan fingerprint density at radius 3 is 2.57 bits per heavy atom. The molecule has 14 heavy (non-hydrogen) atoms. The summed E-state index contributed by atoms with van der Waals surface area (Å²) in [7, 11) is 1.40. The summed E-state index contributed by atoms with van der Waals surface area (Å²) in [6.45, 7) is 5.15. The number of carbonyl (C=O) groups is 2. The summed E-state index contributed by atoms with van der Waals surface area (Å²) >= 11 is 0. The number of amides is 1. The van der Waals surface area contributed by atoms with Crippen molar-refractivity contribution < 1.29 is 19.4 Å². The molecule has 1 unspecified atom stereocenters. The molecule has 0 aliphatic carbocycles. The summed E-state index contributed by atoms with van der Waals surface area (Å²) in [6, 6.07) is -0.840. The Bertz CT molecular complexity index is 227. The predicted molar refractivity (Wildman–Crippen MR) is 51.0 cm³/mol. The molecule has 0 aliphatic rings. The normalized spacial score (nSPS) is 11.6. The van der Waals surface area contributed by atoms with E-state index in [9.17, 15) is 9.59 Å². The second-order valence-corrected chi connectivity index (χ2v) is 2.74. The van der Waals surface area contributed by atoms with Gasteiger partial charge in [-0.3, -0.25) is 4.90 Å². The van der Waals surface area contributed by atoms with Crippen LogP contribution < -0.4 is 0 Å². The lowest BCUT2D eigenvalue weighted by atomic mass is 10.2. The molecule has 0 saturated carbocycles. The Kier molecular flexibility index (Phi) is 5.36. The Labute approximate surface area is 83.0 Å². The van der Waals surface area contributed by atoms with E-state index in [-0.39, 0.29) is 6.61 Å². The number of hydrogen-bond donors (Lipinski definition) is 1. The van der Waals surface area contributed by atoms with Crippen LogP contribution in [0.15, 0.2) is 12.7 Å². The van der Waals surface area contributed by atoms with Crippen molar-refractivity contribution in [3.8, 4) is 0 Å². The largest absolute Gasteiger partial charge is 0.480 e. The lowest BCUT2D eigenvalue weighted by molar-refractivity contribution is -0.142. The zero-order valence-corrected chi connectivity index (χ0v) is 8.40. The van der Waals surface area contributed by atoms with Gasteiger partial charge in [0.25, 0.3) is 0 Å². The summed E-state index contributed by atoms with van der Waals surface area (Å²) < 4.78 is 4.69. The van der Waals surface area contributed by atoms with Gasteiger partial charge in [-0.2, -0.15) is 0 Å². The molecule has 80 valence electrons. The van der Waals surface area contributed by atoms with E-state index in [4.69, 9.17) is 9.84 Å². The molecular formula is C9H15NO4. The summed E-state index contributed by atoms with van der Waals surface area (Å²) in [4.78, 5) is 22.9. The molecule has 0 aromatic carbocycles. The van der Waals surface area contributed by atoms with Crippen molar-refractivity contribution in [1.82, 2.24) is 4.90 Å². The fourth-order valence-electron chi connectivity index (χ4n) is 0.973. The molecule has 5 heteroatoms. The van der Waals surface area contributed by atoms with Crippen LogP contribution in [0, 0.1) is 0 Å². The molecule has 0 heterocycles. The van der Waals surface area contributed by atoms with Crippen molar-refractivity contribution >= 4 is 12.1 Å². The van der Waals surface area contributed by atoms with Crippen LogP contribution >= 0.6 is 0 Å². The lowest BCUT2D eigenvalue weighted by Gasteiger charge is -2.22. The Morgan fingerprint density at radius 1 is 1.64 bits per heavy atom. The molecule has 0 aromatic heterocycles. The number of carboxylic acid groups (broad SMARTS) is 1. The summed E-state index contributed by atoms with van der Waals surface area (Å²) in [6.07, 6.45) is 1.11. The highest BCUT2D eigenvalue weighted by Gasteiger charge is 2.25. The average Bonchev–Trinajstić information content (AvgIpc) is 2.14. The third-order valence-corrected chi connectivity index (χ3v) is 1.75. The third kappa shape index (κ3) is 3.47. The molecule has 0 aliphatic heterocycles. The van der Waals surface area contributed by atoms with Gasteiger partial charge in [0, 0.05) is 7.05 Å². The number of likely N-dealkylation sites (N-methyl/N-ethyl adjacent to an activating group) is 1. The van der Waals surface area contributed by atoms with Gasteiger partial charge in [-0.1, -0.05) is 19.6 Å². The van der Waals surface area contributed by atoms with Crippen molar-refractivity contribution in [2.45, 2.75) is 19.4 Å². The maximum Gasteiger partial charge on any atom is 0.410 e. The fraction of sp³-hybridized carbons (Fsp3) is 0.556. The highest BCUT2D eigenvalue weighted by molar-refractivity contribution is 5.79. The van der Waals surface area contributed by atoms with Crippen LogP contribution in [-0.2, 0) is 9.53 Å². The molecule has 0 bridgehead atoms. The zero-order valence-electron chi connectivity index (χ0n) is 8.40. The maximum absolute atomic E-state index is 11.2. The first-order chi connectivity index (χ1) is 6.54. The van der Waals surface area contributed by atoms with Crippen molar-refractivity contribution in [3.05, 3.63) is 12.7 Å². The van der Waals surface area contributed by atoms with Crippen LogP contribution in [0.1, 0.15) is 13.3 Å². The molecule has 0 rings (SSSR count). The van der Waals surface area contributed by atoms with Gasteiger partial charge in [0.1, 0.15) is 12.6 Å². The topological polar surface area (TPSA) is 66.8 Å². The van der Waals surface area contributed by atoms with Crippen molar-refractivity contribution in [3.63, 3.8) is 0 Å². The minimum absolute atomic E-state index is 0.0826. The molecule has 1 atom stereocenters. The van der Waals surface area contributed by atoms with Crippen molar-refractivity contribution in [2.24, 2.45) is 0 Å². The van der Waals surface area contributed by atoms with Crippen LogP contribution in [0.3, 0.4) is 0 Å². The number of carboxylic acids is 1. The second kappa shape index (κ2) is 6.01. The molecule has 0 radical (unpaired) electrons. The molecule has 1 N–H and O–H groups in total. The van der Waals surface area contributed by atoms with Crippen molar-refractivity contribution in [1.29, 1.82) is 0 Å². The van der Waals surface area contributed by atoms with Gasteiger partial charge in [-0.15, -0.1) is 0 Å². The Hall–Kier alpha value is -1.52. The number of rotatable bonds is 5. The third-order valence-electron chi connectivity index (χ3n) is 1.75. The smallest absolute Gasteiger partial charge is 0.410 e. The molecule has 0 saturated heterocycles. The lowest BCUT2D eigenvalue weighted by Crippen LogP contribution is -2.42. The number of hydrogen-bond acceptors (Lipinski definition) is 3. The van der Waals surface area contributed by atoms with Gasteiger partial charge >= 0.3 is 12.1 Å². The molecular weight excluding hydrogens is 186 g/mol. The van der Waals surface area contributed by atoms with E-state index in [0.717, 1.165) is 4.90 Å². The van der Waals surface area contributed by atoms with E-state index in [1.54, 1.807) is 6.92 Å². The predicted octanol–water partition coefficient (Wildman–Crippen LogP) is 1.10. The number of carbonyl (C=O) groups excluding carboxylic acids is 1. The zero-order chi connectivity index (χ0) is 11.1.